The summed E-state index contributed by atoms with van der Waals surface area (Å²) in [5, 5.41) is 0. The zero-order valence-electron chi connectivity index (χ0n) is 22.7. The van der Waals surface area contributed by atoms with Crippen LogP contribution in [0.1, 0.15) is 78.1 Å². The topological polar surface area (TPSA) is 76.2 Å². The van der Waals surface area contributed by atoms with Crippen LogP contribution in [0.4, 0.5) is 13.2 Å². The Kier molecular flexibility index (Phi) is 7.79. The van der Waals surface area contributed by atoms with Crippen molar-refractivity contribution < 1.29 is 37.0 Å². The number of benzene rings is 2. The molecule has 0 N–H and O–H groups in total. The summed E-state index contributed by atoms with van der Waals surface area (Å²) in [7, 11) is 0. The Balaban J connectivity index is 1.34. The summed E-state index contributed by atoms with van der Waals surface area (Å²) >= 11 is 0. The number of esters is 1. The molecule has 7 nitrogen and oxygen atoms in total. The minimum absolute atomic E-state index is 0.0719. The molecule has 40 heavy (non-hydrogen) atoms. The summed E-state index contributed by atoms with van der Waals surface area (Å²) in [5.74, 6) is -6.28. The quantitative estimate of drug-likeness (QED) is 0.350. The maximum absolute atomic E-state index is 15.1. The van der Waals surface area contributed by atoms with Gasteiger partial charge in [0.15, 0.2) is 17.4 Å². The first kappa shape index (κ1) is 28.0. The molecule has 10 heteroatoms. The van der Waals surface area contributed by atoms with E-state index < -0.39 is 52.1 Å². The largest absolute Gasteiger partial charge is 0.488 e. The first-order valence-electron chi connectivity index (χ1n) is 13.8. The van der Waals surface area contributed by atoms with Crippen molar-refractivity contribution in [3.8, 4) is 5.75 Å². The lowest BCUT2D eigenvalue weighted by atomic mass is 9.76. The average molecular weight is 559 g/mol. The summed E-state index contributed by atoms with van der Waals surface area (Å²) < 4.78 is 53.8. The molecular formula is C30H33F3N2O5. The third-order valence-electron chi connectivity index (χ3n) is 8.28. The van der Waals surface area contributed by atoms with E-state index in [1.165, 1.54) is 30.2 Å². The Labute approximate surface area is 231 Å². The van der Waals surface area contributed by atoms with Crippen molar-refractivity contribution in [2.75, 3.05) is 32.8 Å². The Morgan fingerprint density at radius 2 is 1.62 bits per heavy atom. The van der Waals surface area contributed by atoms with Gasteiger partial charge in [-0.1, -0.05) is 12.1 Å². The Hall–Kier alpha value is -3.56. The highest BCUT2D eigenvalue weighted by Crippen LogP contribution is 2.45. The predicted octanol–water partition coefficient (Wildman–Crippen LogP) is 5.08. The zero-order chi connectivity index (χ0) is 28.6. The normalized spacial score (nSPS) is 20.1. The lowest BCUT2D eigenvalue weighted by molar-refractivity contribution is -0.147. The molecule has 2 aromatic rings. The van der Waals surface area contributed by atoms with Gasteiger partial charge < -0.3 is 19.3 Å². The molecule has 1 aliphatic carbocycles. The van der Waals surface area contributed by atoms with Crippen LogP contribution in [0.25, 0.3) is 0 Å². The number of piperidine rings is 1. The van der Waals surface area contributed by atoms with E-state index in [1.54, 1.807) is 11.8 Å². The summed E-state index contributed by atoms with van der Waals surface area (Å²) in [4.78, 5) is 42.6. The first-order valence-corrected chi connectivity index (χ1v) is 13.8. The van der Waals surface area contributed by atoms with E-state index in [0.717, 1.165) is 0 Å². The molecule has 3 fully saturated rings. The maximum atomic E-state index is 15.1. The van der Waals surface area contributed by atoms with Gasteiger partial charge in [0.25, 0.3) is 11.8 Å². The van der Waals surface area contributed by atoms with Gasteiger partial charge in [0.2, 0.25) is 5.82 Å². The van der Waals surface area contributed by atoms with Gasteiger partial charge in [-0.05, 0) is 81.0 Å². The molecule has 2 saturated heterocycles. The SMILES string of the molecule is CCOC(=O)C1CC2(CCN(C(=O)c3ccc(C4CC4)cc3)CC2)CN1C(=O)c1cc(F)c(F)c(OCC)c1F. The van der Waals surface area contributed by atoms with E-state index in [-0.39, 0.29) is 32.1 Å². The van der Waals surface area contributed by atoms with Crippen LogP contribution in [0.2, 0.25) is 0 Å². The first-order chi connectivity index (χ1) is 19.2. The van der Waals surface area contributed by atoms with Crippen molar-refractivity contribution in [2.45, 2.75) is 57.9 Å². The van der Waals surface area contributed by atoms with E-state index in [0.29, 0.717) is 43.5 Å². The van der Waals surface area contributed by atoms with Gasteiger partial charge in [0.05, 0.1) is 18.8 Å². The second-order valence-electron chi connectivity index (χ2n) is 10.9. The van der Waals surface area contributed by atoms with Crippen molar-refractivity contribution in [2.24, 2.45) is 5.41 Å². The number of amides is 2. The molecule has 1 atom stereocenters. The molecule has 0 radical (unpaired) electrons. The van der Waals surface area contributed by atoms with E-state index in [9.17, 15) is 23.2 Å². The van der Waals surface area contributed by atoms with Crippen molar-refractivity contribution in [3.05, 3.63) is 64.5 Å². The monoisotopic (exact) mass is 558 g/mol. The molecule has 2 amide bonds. The average Bonchev–Trinajstić information content (AvgIpc) is 3.75. The highest BCUT2D eigenvalue weighted by Gasteiger charge is 2.51. The minimum Gasteiger partial charge on any atom is -0.488 e. The highest BCUT2D eigenvalue weighted by atomic mass is 19.2. The molecule has 3 aliphatic rings. The number of hydrogen-bond acceptors (Lipinski definition) is 5. The minimum atomic E-state index is -1.52. The van der Waals surface area contributed by atoms with E-state index in [1.807, 2.05) is 24.3 Å². The smallest absolute Gasteiger partial charge is 0.328 e. The van der Waals surface area contributed by atoms with E-state index in [2.05, 4.69) is 0 Å². The molecule has 0 aromatic heterocycles. The van der Waals surface area contributed by atoms with Crippen LogP contribution in [0.5, 0.6) is 5.75 Å². The van der Waals surface area contributed by atoms with Crippen molar-refractivity contribution >= 4 is 17.8 Å². The van der Waals surface area contributed by atoms with Crippen LogP contribution >= 0.6 is 0 Å². The predicted molar refractivity (Wildman–Crippen MR) is 140 cm³/mol. The highest BCUT2D eigenvalue weighted by molar-refractivity contribution is 5.98. The molecule has 0 bridgehead atoms. The van der Waals surface area contributed by atoms with Crippen molar-refractivity contribution in [1.82, 2.24) is 9.80 Å². The van der Waals surface area contributed by atoms with Gasteiger partial charge in [0, 0.05) is 25.2 Å². The Morgan fingerprint density at radius 3 is 2.23 bits per heavy atom. The van der Waals surface area contributed by atoms with Gasteiger partial charge in [0.1, 0.15) is 6.04 Å². The molecule has 214 valence electrons. The molecule has 2 heterocycles. The van der Waals surface area contributed by atoms with Gasteiger partial charge in [-0.3, -0.25) is 9.59 Å². The van der Waals surface area contributed by atoms with Crippen LogP contribution in [0.3, 0.4) is 0 Å². The second kappa shape index (κ2) is 11.1. The van der Waals surface area contributed by atoms with Crippen LogP contribution in [-0.2, 0) is 9.53 Å². The van der Waals surface area contributed by atoms with Gasteiger partial charge in [-0.15, -0.1) is 0 Å². The molecule has 1 spiro atoms. The fraction of sp³-hybridized carbons (Fsp3) is 0.500. The van der Waals surface area contributed by atoms with Crippen LogP contribution in [0, 0.1) is 22.9 Å². The Morgan fingerprint density at radius 1 is 0.950 bits per heavy atom. The fourth-order valence-electron chi connectivity index (χ4n) is 5.92. The van der Waals surface area contributed by atoms with Crippen LogP contribution < -0.4 is 4.74 Å². The lowest BCUT2D eigenvalue weighted by Gasteiger charge is -2.39. The Bertz CT molecular complexity index is 1300. The number of halogens is 3. The number of nitrogens with zero attached hydrogens (tertiary/aromatic N) is 2. The summed E-state index contributed by atoms with van der Waals surface area (Å²) in [6.45, 7) is 4.01. The molecule has 1 unspecified atom stereocenters. The third-order valence-corrected chi connectivity index (χ3v) is 8.28. The molecule has 2 aromatic carbocycles. The lowest BCUT2D eigenvalue weighted by Crippen LogP contribution is -2.45. The van der Waals surface area contributed by atoms with Gasteiger partial charge in [-0.2, -0.15) is 4.39 Å². The summed E-state index contributed by atoms with van der Waals surface area (Å²) in [5.41, 5.74) is 0.640. The molecule has 2 aliphatic heterocycles. The molecule has 1 saturated carbocycles. The van der Waals surface area contributed by atoms with Crippen molar-refractivity contribution in [1.29, 1.82) is 0 Å². The van der Waals surface area contributed by atoms with Crippen molar-refractivity contribution in [3.63, 3.8) is 0 Å². The second-order valence-corrected chi connectivity index (χ2v) is 10.9. The number of ether oxygens (including phenoxy) is 2. The molecular weight excluding hydrogens is 525 g/mol. The fourth-order valence-corrected chi connectivity index (χ4v) is 5.92. The van der Waals surface area contributed by atoms with Gasteiger partial charge in [-0.25, -0.2) is 13.6 Å². The number of rotatable bonds is 7. The van der Waals surface area contributed by atoms with E-state index in [4.69, 9.17) is 9.47 Å². The van der Waals surface area contributed by atoms with Gasteiger partial charge >= 0.3 is 5.97 Å². The zero-order valence-corrected chi connectivity index (χ0v) is 22.7. The maximum Gasteiger partial charge on any atom is 0.328 e. The standard InChI is InChI=1S/C30H33F3N2O5/c1-3-39-26-24(32)21(15-22(31)25(26)33)28(37)35-17-30(16-23(35)29(38)40-4-2)11-13-34(14-12-30)27(36)20-9-7-19(8-10-20)18-5-6-18/h7-10,15,18,23H,3-6,11-14,16-17H2,1-2H3. The van der Waals surface area contributed by atoms with Crippen LogP contribution in [-0.4, -0.2) is 66.5 Å². The van der Waals surface area contributed by atoms with Crippen LogP contribution in [0.15, 0.2) is 30.3 Å². The summed E-state index contributed by atoms with van der Waals surface area (Å²) in [6.07, 6.45) is 3.67. The number of likely N-dealkylation sites (tertiary alicyclic amines) is 2. The number of hydrogen-bond donors (Lipinski definition) is 0. The number of carbonyl (C=O) groups excluding carboxylic acids is 3. The summed E-state index contributed by atoms with van der Waals surface area (Å²) in [6, 6.07) is 7.22. The number of carbonyl (C=O) groups is 3. The van der Waals surface area contributed by atoms with E-state index >= 15 is 4.39 Å². The third kappa shape index (κ3) is 5.28. The molecule has 5 rings (SSSR count).